The average Bonchev–Trinajstić information content (AvgIpc) is 2.66. The van der Waals surface area contributed by atoms with Crippen LogP contribution in [-0.2, 0) is 11.0 Å². The predicted octanol–water partition coefficient (Wildman–Crippen LogP) is 5.32. The summed E-state index contributed by atoms with van der Waals surface area (Å²) in [7, 11) is 3.05. The molecular formula is C19H29F3N2O2S. The highest BCUT2D eigenvalue weighted by Gasteiger charge is 2.37. The maximum Gasteiger partial charge on any atom is 0.417 e. The van der Waals surface area contributed by atoms with Gasteiger partial charge in [0.15, 0.2) is 0 Å². The minimum absolute atomic E-state index is 0.184. The smallest absolute Gasteiger partial charge is 0.387 e. The maximum atomic E-state index is 13.5. The number of hydrogen-bond donors (Lipinski definition) is 1. The zero-order valence-corrected chi connectivity index (χ0v) is 17.7. The third-order valence-corrected chi connectivity index (χ3v) is 5.08. The highest BCUT2D eigenvalue weighted by atomic mass is 32.2. The molecule has 4 nitrogen and oxygen atoms in total. The SMILES string of the molecule is CC.CC[C@@H](C)N(C)C(=O)c1cc(NC)c(SC(C)C=O)cc1C(F)(F)F. The molecule has 1 rings (SSSR count). The van der Waals surface area contributed by atoms with Crippen molar-refractivity contribution in [2.24, 2.45) is 0 Å². The standard InChI is InChI=1S/C17H23F3N2O2S.C2H6/c1-6-10(2)22(5)16(24)12-7-14(21-4)15(25-11(3)9-23)8-13(12)17(18,19)20;1-2/h7-11,21H,6H2,1-5H3;1-2H3/t10-,11?;/m1./s1. The first-order valence-corrected chi connectivity index (χ1v) is 9.76. The third kappa shape index (κ3) is 6.75. The molecule has 1 amide bonds. The van der Waals surface area contributed by atoms with Crippen molar-refractivity contribution >= 4 is 29.6 Å². The minimum atomic E-state index is -4.67. The van der Waals surface area contributed by atoms with E-state index >= 15 is 0 Å². The fourth-order valence-corrected chi connectivity index (χ4v) is 3.11. The Morgan fingerprint density at radius 1 is 1.30 bits per heavy atom. The number of anilines is 1. The predicted molar refractivity (Wildman–Crippen MR) is 106 cm³/mol. The molecule has 0 fully saturated rings. The van der Waals surface area contributed by atoms with Gasteiger partial charge in [0.05, 0.1) is 16.4 Å². The van der Waals surface area contributed by atoms with E-state index in [1.807, 2.05) is 20.8 Å². The molecule has 1 aromatic rings. The minimum Gasteiger partial charge on any atom is -0.387 e. The fourth-order valence-electron chi connectivity index (χ4n) is 2.18. The van der Waals surface area contributed by atoms with Crippen LogP contribution in [-0.4, -0.2) is 42.5 Å². The van der Waals surface area contributed by atoms with Crippen LogP contribution < -0.4 is 5.32 Å². The van der Waals surface area contributed by atoms with E-state index in [0.717, 1.165) is 17.8 Å². The molecule has 0 saturated heterocycles. The number of aldehydes is 1. The van der Waals surface area contributed by atoms with Crippen molar-refractivity contribution in [2.45, 2.75) is 63.4 Å². The van der Waals surface area contributed by atoms with E-state index in [-0.39, 0.29) is 10.9 Å². The summed E-state index contributed by atoms with van der Waals surface area (Å²) in [4.78, 5) is 25.0. The average molecular weight is 407 g/mol. The number of thioether (sulfide) groups is 1. The second kappa shape index (κ2) is 11.2. The number of carbonyl (C=O) groups excluding carboxylic acids is 2. The van der Waals surface area contributed by atoms with Crippen molar-refractivity contribution in [3.05, 3.63) is 23.3 Å². The summed E-state index contributed by atoms with van der Waals surface area (Å²) in [5.74, 6) is -0.682. The Bertz CT molecular complexity index is 636. The van der Waals surface area contributed by atoms with Crippen LogP contribution in [0.5, 0.6) is 0 Å². The lowest BCUT2D eigenvalue weighted by atomic mass is 10.0. The molecule has 0 aliphatic carbocycles. The Morgan fingerprint density at radius 2 is 1.85 bits per heavy atom. The van der Waals surface area contributed by atoms with Crippen molar-refractivity contribution in [1.29, 1.82) is 0 Å². The molecule has 0 aliphatic heterocycles. The molecule has 0 bridgehead atoms. The van der Waals surface area contributed by atoms with E-state index in [9.17, 15) is 22.8 Å². The molecule has 1 unspecified atom stereocenters. The molecule has 0 spiro atoms. The summed E-state index contributed by atoms with van der Waals surface area (Å²) in [6.07, 6.45) is -3.38. The first kappa shape index (κ1) is 25.3. The van der Waals surface area contributed by atoms with Gasteiger partial charge in [0.2, 0.25) is 0 Å². The number of alkyl halides is 3. The summed E-state index contributed by atoms with van der Waals surface area (Å²) >= 11 is 1.01. The van der Waals surface area contributed by atoms with Gasteiger partial charge in [0, 0.05) is 30.7 Å². The Labute approximate surface area is 163 Å². The monoisotopic (exact) mass is 406 g/mol. The van der Waals surface area contributed by atoms with Gasteiger partial charge in [-0.05, 0) is 32.4 Å². The van der Waals surface area contributed by atoms with Gasteiger partial charge in [-0.25, -0.2) is 0 Å². The number of nitrogens with zero attached hydrogens (tertiary/aromatic N) is 1. The number of nitrogens with one attached hydrogen (secondary N) is 1. The molecule has 0 aromatic heterocycles. The molecule has 0 saturated carbocycles. The van der Waals surface area contributed by atoms with Gasteiger partial charge in [-0.15, -0.1) is 11.8 Å². The zero-order chi connectivity index (χ0) is 21.4. The van der Waals surface area contributed by atoms with Gasteiger partial charge < -0.3 is 15.0 Å². The second-order valence-corrected chi connectivity index (χ2v) is 7.19. The molecule has 1 aromatic carbocycles. The lowest BCUT2D eigenvalue weighted by Gasteiger charge is -2.26. The molecular weight excluding hydrogens is 377 g/mol. The van der Waals surface area contributed by atoms with Crippen molar-refractivity contribution in [3.63, 3.8) is 0 Å². The molecule has 2 atom stereocenters. The zero-order valence-electron chi connectivity index (χ0n) is 16.9. The summed E-state index contributed by atoms with van der Waals surface area (Å²) < 4.78 is 40.6. The van der Waals surface area contributed by atoms with Crippen molar-refractivity contribution < 1.29 is 22.8 Å². The van der Waals surface area contributed by atoms with E-state index in [1.165, 1.54) is 18.0 Å². The third-order valence-electron chi connectivity index (χ3n) is 4.00. The quantitative estimate of drug-likeness (QED) is 0.492. The van der Waals surface area contributed by atoms with Crippen LogP contribution in [0.25, 0.3) is 0 Å². The lowest BCUT2D eigenvalue weighted by Crippen LogP contribution is -2.35. The number of halogens is 3. The highest BCUT2D eigenvalue weighted by Crippen LogP contribution is 2.40. The molecule has 154 valence electrons. The maximum absolute atomic E-state index is 13.5. The van der Waals surface area contributed by atoms with Gasteiger partial charge >= 0.3 is 6.18 Å². The van der Waals surface area contributed by atoms with Crippen LogP contribution in [0.2, 0.25) is 0 Å². The van der Waals surface area contributed by atoms with Crippen LogP contribution in [0, 0.1) is 0 Å². The first-order valence-electron chi connectivity index (χ1n) is 8.88. The Balaban J connectivity index is 0.00000326. The second-order valence-electron chi connectivity index (χ2n) is 5.77. The summed E-state index contributed by atoms with van der Waals surface area (Å²) in [5.41, 5.74) is -1.01. The van der Waals surface area contributed by atoms with Crippen molar-refractivity contribution in [2.75, 3.05) is 19.4 Å². The number of hydrogen-bond acceptors (Lipinski definition) is 4. The molecule has 0 aliphatic rings. The van der Waals surface area contributed by atoms with Gasteiger partial charge in [0.25, 0.3) is 5.91 Å². The number of amides is 1. The number of rotatable bonds is 7. The van der Waals surface area contributed by atoms with Crippen molar-refractivity contribution in [1.82, 2.24) is 4.90 Å². The summed E-state index contributed by atoms with van der Waals surface area (Å²) in [5, 5.41) is 2.30. The van der Waals surface area contributed by atoms with Crippen molar-refractivity contribution in [3.8, 4) is 0 Å². The molecule has 1 N–H and O–H groups in total. The topological polar surface area (TPSA) is 49.4 Å². The van der Waals surface area contributed by atoms with E-state index in [4.69, 9.17) is 0 Å². The molecule has 0 heterocycles. The largest absolute Gasteiger partial charge is 0.417 e. The summed E-state index contributed by atoms with van der Waals surface area (Å²) in [6, 6.07) is 1.97. The van der Waals surface area contributed by atoms with Gasteiger partial charge in [-0.1, -0.05) is 20.8 Å². The number of carbonyl (C=O) groups is 2. The van der Waals surface area contributed by atoms with Crippen LogP contribution in [0.4, 0.5) is 18.9 Å². The van der Waals surface area contributed by atoms with E-state index < -0.39 is 28.5 Å². The van der Waals surface area contributed by atoms with Crippen LogP contribution in [0.15, 0.2) is 17.0 Å². The van der Waals surface area contributed by atoms with E-state index in [2.05, 4.69) is 5.32 Å². The Kier molecular flexibility index (Phi) is 10.5. The number of benzene rings is 1. The Hall–Kier alpha value is -1.70. The van der Waals surface area contributed by atoms with Gasteiger partial charge in [0.1, 0.15) is 6.29 Å². The highest BCUT2D eigenvalue weighted by molar-refractivity contribution is 8.00. The summed E-state index contributed by atoms with van der Waals surface area (Å²) in [6.45, 7) is 9.24. The van der Waals surface area contributed by atoms with Crippen LogP contribution in [0.3, 0.4) is 0 Å². The molecule has 0 radical (unpaired) electrons. The fraction of sp³-hybridized carbons (Fsp3) is 0.579. The molecule has 27 heavy (non-hydrogen) atoms. The Morgan fingerprint density at radius 3 is 2.26 bits per heavy atom. The van der Waals surface area contributed by atoms with Crippen LogP contribution >= 0.6 is 11.8 Å². The van der Waals surface area contributed by atoms with Gasteiger partial charge in [-0.2, -0.15) is 13.2 Å². The van der Waals surface area contributed by atoms with Crippen LogP contribution in [0.1, 0.15) is 57.0 Å². The van der Waals surface area contributed by atoms with E-state index in [0.29, 0.717) is 18.4 Å². The van der Waals surface area contributed by atoms with Gasteiger partial charge in [-0.3, -0.25) is 4.79 Å². The van der Waals surface area contributed by atoms with E-state index in [1.54, 1.807) is 20.9 Å². The first-order chi connectivity index (χ1) is 12.6. The molecule has 8 heteroatoms. The normalized spacial score (nSPS) is 13.1. The lowest BCUT2D eigenvalue weighted by molar-refractivity contribution is -0.138.